The van der Waals surface area contributed by atoms with Gasteiger partial charge in [-0.1, -0.05) is 194 Å². The van der Waals surface area contributed by atoms with Crippen LogP contribution in [0.25, 0.3) is 66.4 Å². The van der Waals surface area contributed by atoms with E-state index < -0.39 is 0 Å². The molecule has 1 aromatic heterocycles. The summed E-state index contributed by atoms with van der Waals surface area (Å²) < 4.78 is 6.81. The topological polar surface area (TPSA) is 19.6 Å². The second kappa shape index (κ2) is 15.4. The Morgan fingerprint density at radius 1 is 0.365 bits per heavy atom. The quantitative estimate of drug-likeness (QED) is 0.152. The lowest BCUT2D eigenvalue weighted by Crippen LogP contribution is -2.28. The van der Waals surface area contributed by atoms with Gasteiger partial charge < -0.3 is 14.2 Å². The number of hydrogen-bond acceptors (Lipinski definition) is 3. The molecule has 0 spiro atoms. The fourth-order valence-electron chi connectivity index (χ4n) is 9.87. The average Bonchev–Trinajstić information content (AvgIpc) is 3.92. The van der Waals surface area contributed by atoms with E-state index in [1.165, 1.54) is 39.2 Å². The maximum absolute atomic E-state index is 6.81. The number of rotatable bonds is 8. The zero-order valence-corrected chi connectivity index (χ0v) is 34.6. The molecule has 0 saturated heterocycles. The summed E-state index contributed by atoms with van der Waals surface area (Å²) in [6.07, 6.45) is 9.06. The van der Waals surface area contributed by atoms with Crippen molar-refractivity contribution in [1.29, 1.82) is 0 Å². The van der Waals surface area contributed by atoms with Crippen LogP contribution in [0.2, 0.25) is 0 Å². The Morgan fingerprint density at radius 2 is 0.873 bits per heavy atom. The average molecular weight is 807 g/mol. The molecule has 0 saturated carbocycles. The molecule has 12 rings (SSSR count). The minimum absolute atomic E-state index is 0.230. The number of para-hydroxylation sites is 4. The van der Waals surface area contributed by atoms with Crippen LogP contribution in [0.1, 0.15) is 11.5 Å². The smallest absolute Gasteiger partial charge is 0.143 e. The lowest BCUT2D eigenvalue weighted by atomic mass is 9.91. The molecule has 2 aliphatic rings. The molecule has 0 amide bonds. The van der Waals surface area contributed by atoms with Crippen LogP contribution in [-0.4, -0.2) is 6.04 Å². The second-order valence-corrected chi connectivity index (χ2v) is 16.4. The van der Waals surface area contributed by atoms with Crippen molar-refractivity contribution in [2.24, 2.45) is 0 Å². The summed E-state index contributed by atoms with van der Waals surface area (Å²) in [5, 5.41) is 2.24. The van der Waals surface area contributed by atoms with Crippen LogP contribution in [0.5, 0.6) is 0 Å². The predicted octanol–water partition coefficient (Wildman–Crippen LogP) is 16.5. The van der Waals surface area contributed by atoms with Crippen molar-refractivity contribution < 1.29 is 4.42 Å². The van der Waals surface area contributed by atoms with Gasteiger partial charge in [0.05, 0.1) is 6.04 Å². The standard InChI is InChI=1S/C60H42N2O/c1-3-16-41(17-4-1)45-20-13-21-48(40-45)61(46-36-32-43(33-37-46)49-22-7-10-29-56(49)62-57-30-11-8-23-52(57)53-24-9-12-31-58(53)62)47-38-34-44(35-39-47)51-26-15-28-55-54-27-14-25-50(59(54)63-60(51)55)42-18-5-2-6-19-42/h1-40,52,57H. The molecule has 3 nitrogen and oxygen atoms in total. The highest BCUT2D eigenvalue weighted by atomic mass is 16.3. The summed E-state index contributed by atoms with van der Waals surface area (Å²) >= 11 is 0. The molecule has 1 aliphatic heterocycles. The van der Waals surface area contributed by atoms with E-state index in [-0.39, 0.29) is 6.04 Å². The van der Waals surface area contributed by atoms with Gasteiger partial charge in [0.2, 0.25) is 0 Å². The normalized spacial score (nSPS) is 15.1. The van der Waals surface area contributed by atoms with Crippen LogP contribution < -0.4 is 9.80 Å². The molecule has 2 heterocycles. The summed E-state index contributed by atoms with van der Waals surface area (Å²) in [5.41, 5.74) is 18.1. The van der Waals surface area contributed by atoms with Crippen molar-refractivity contribution in [3.63, 3.8) is 0 Å². The van der Waals surface area contributed by atoms with Gasteiger partial charge in [0.25, 0.3) is 0 Å². The Bertz CT molecular complexity index is 3340. The summed E-state index contributed by atoms with van der Waals surface area (Å²) in [6.45, 7) is 0. The highest BCUT2D eigenvalue weighted by Crippen LogP contribution is 2.50. The van der Waals surface area contributed by atoms with Crippen LogP contribution in [0.3, 0.4) is 0 Å². The summed E-state index contributed by atoms with van der Waals surface area (Å²) in [7, 11) is 0. The third kappa shape index (κ3) is 6.36. The highest BCUT2D eigenvalue weighted by molar-refractivity contribution is 6.13. The van der Waals surface area contributed by atoms with Gasteiger partial charge in [0.1, 0.15) is 11.2 Å². The first-order valence-corrected chi connectivity index (χ1v) is 21.8. The van der Waals surface area contributed by atoms with Gasteiger partial charge in [0.15, 0.2) is 0 Å². The fourth-order valence-corrected chi connectivity index (χ4v) is 9.87. The van der Waals surface area contributed by atoms with Crippen molar-refractivity contribution >= 4 is 50.4 Å². The largest absolute Gasteiger partial charge is 0.455 e. The molecule has 10 aromatic rings. The minimum Gasteiger partial charge on any atom is -0.455 e. The highest BCUT2D eigenvalue weighted by Gasteiger charge is 2.37. The summed E-state index contributed by atoms with van der Waals surface area (Å²) in [4.78, 5) is 4.89. The van der Waals surface area contributed by atoms with Gasteiger partial charge in [-0.15, -0.1) is 0 Å². The third-order valence-corrected chi connectivity index (χ3v) is 12.8. The Labute approximate surface area is 367 Å². The van der Waals surface area contributed by atoms with Gasteiger partial charge in [-0.05, 0) is 81.9 Å². The van der Waals surface area contributed by atoms with Gasteiger partial charge in [0, 0.05) is 61.8 Å². The van der Waals surface area contributed by atoms with Crippen LogP contribution >= 0.6 is 0 Å². The third-order valence-electron chi connectivity index (χ3n) is 12.8. The predicted molar refractivity (Wildman–Crippen MR) is 264 cm³/mol. The van der Waals surface area contributed by atoms with E-state index in [4.69, 9.17) is 4.42 Å². The number of furan rings is 1. The Morgan fingerprint density at radius 3 is 1.56 bits per heavy atom. The van der Waals surface area contributed by atoms with Gasteiger partial charge in [-0.2, -0.15) is 0 Å². The molecule has 9 aromatic carbocycles. The van der Waals surface area contributed by atoms with E-state index >= 15 is 0 Å². The molecule has 2 atom stereocenters. The monoisotopic (exact) mass is 806 g/mol. The molecule has 63 heavy (non-hydrogen) atoms. The maximum Gasteiger partial charge on any atom is 0.143 e. The summed E-state index contributed by atoms with van der Waals surface area (Å²) in [6, 6.07) is 78.8. The van der Waals surface area contributed by atoms with Crippen molar-refractivity contribution in [1.82, 2.24) is 0 Å². The number of allylic oxidation sites excluding steroid dienone is 2. The lowest BCUT2D eigenvalue weighted by Gasteiger charge is -2.31. The lowest BCUT2D eigenvalue weighted by molar-refractivity contribution is 0.671. The van der Waals surface area contributed by atoms with Crippen molar-refractivity contribution in [3.05, 3.63) is 248 Å². The SMILES string of the molecule is C1=CC2c3ccccc3N(c3ccccc3-c3ccc(N(c4ccc(-c5cccc6c5oc5c(-c7ccccc7)cccc56)cc4)c4cccc(-c5ccccc5)c4)cc3)C2C=C1. The van der Waals surface area contributed by atoms with Crippen LogP contribution in [0.4, 0.5) is 28.4 Å². The molecule has 0 N–H and O–H groups in total. The van der Waals surface area contributed by atoms with E-state index in [1.54, 1.807) is 0 Å². The molecule has 1 aliphatic carbocycles. The molecule has 0 bridgehead atoms. The van der Waals surface area contributed by atoms with E-state index in [9.17, 15) is 0 Å². The van der Waals surface area contributed by atoms with Crippen LogP contribution in [0, 0.1) is 0 Å². The first-order valence-electron chi connectivity index (χ1n) is 21.8. The van der Waals surface area contributed by atoms with E-state index in [1.807, 2.05) is 0 Å². The van der Waals surface area contributed by atoms with Crippen LogP contribution in [0.15, 0.2) is 247 Å². The van der Waals surface area contributed by atoms with E-state index in [0.29, 0.717) is 5.92 Å². The molecule has 0 radical (unpaired) electrons. The van der Waals surface area contributed by atoms with Crippen molar-refractivity contribution in [2.75, 3.05) is 9.80 Å². The number of fused-ring (bicyclic) bond motifs is 6. The number of nitrogens with zero attached hydrogens (tertiary/aromatic N) is 2. The zero-order valence-electron chi connectivity index (χ0n) is 34.6. The fraction of sp³-hybridized carbons (Fsp3) is 0.0333. The molecular formula is C60H42N2O. The molecule has 298 valence electrons. The first-order chi connectivity index (χ1) is 31.3. The number of benzene rings is 9. The van der Waals surface area contributed by atoms with E-state index in [2.05, 4.69) is 252 Å². The molecule has 3 heteroatoms. The molecule has 2 unspecified atom stereocenters. The zero-order chi connectivity index (χ0) is 41.7. The van der Waals surface area contributed by atoms with Gasteiger partial charge in [-0.3, -0.25) is 0 Å². The Hall–Kier alpha value is -8.14. The second-order valence-electron chi connectivity index (χ2n) is 16.4. The molecular weight excluding hydrogens is 765 g/mol. The van der Waals surface area contributed by atoms with Crippen molar-refractivity contribution in [2.45, 2.75) is 12.0 Å². The minimum atomic E-state index is 0.230. The maximum atomic E-state index is 6.81. The summed E-state index contributed by atoms with van der Waals surface area (Å²) in [5.74, 6) is 0.326. The van der Waals surface area contributed by atoms with E-state index in [0.717, 1.165) is 61.3 Å². The Balaban J connectivity index is 0.938. The number of anilines is 5. The van der Waals surface area contributed by atoms with Crippen molar-refractivity contribution in [3.8, 4) is 44.5 Å². The van der Waals surface area contributed by atoms with Crippen LogP contribution in [-0.2, 0) is 0 Å². The number of hydrogen-bond donors (Lipinski definition) is 0. The molecule has 0 fully saturated rings. The first kappa shape index (κ1) is 36.7. The van der Waals surface area contributed by atoms with Gasteiger partial charge >= 0.3 is 0 Å². The Kier molecular flexibility index (Phi) is 8.97. The van der Waals surface area contributed by atoms with Gasteiger partial charge in [-0.25, -0.2) is 0 Å².